The number of nitro benzene ring substituents is 1. The molecule has 118 valence electrons. The van der Waals surface area contributed by atoms with E-state index in [0.717, 1.165) is 0 Å². The number of hydrogen-bond acceptors (Lipinski definition) is 4. The molecule has 0 unspecified atom stereocenters. The number of nitrogens with one attached hydrogen (secondary N) is 2. The van der Waals surface area contributed by atoms with Crippen molar-refractivity contribution in [1.82, 2.24) is 5.32 Å². The van der Waals surface area contributed by atoms with E-state index in [9.17, 15) is 14.9 Å². The predicted molar refractivity (Wildman–Crippen MR) is 93.2 cm³/mol. The summed E-state index contributed by atoms with van der Waals surface area (Å²) in [5.74, 6) is -0.498. The zero-order valence-electron chi connectivity index (χ0n) is 11.4. The average molecular weight is 370 g/mol. The van der Waals surface area contributed by atoms with Gasteiger partial charge in [0.25, 0.3) is 11.6 Å². The third-order valence-corrected chi connectivity index (χ3v) is 3.50. The van der Waals surface area contributed by atoms with Crippen molar-refractivity contribution in [3.05, 3.63) is 68.2 Å². The van der Waals surface area contributed by atoms with Crippen molar-refractivity contribution in [2.24, 2.45) is 0 Å². The van der Waals surface area contributed by atoms with Crippen molar-refractivity contribution < 1.29 is 9.72 Å². The third-order valence-electron chi connectivity index (χ3n) is 2.75. The van der Waals surface area contributed by atoms with Crippen LogP contribution in [0.1, 0.15) is 10.4 Å². The number of nitro groups is 1. The molecule has 0 spiro atoms. The first-order valence-electron chi connectivity index (χ1n) is 6.18. The molecule has 2 aromatic carbocycles. The predicted octanol–water partition coefficient (Wildman–Crippen LogP) is 4.03. The molecule has 0 atom stereocenters. The summed E-state index contributed by atoms with van der Waals surface area (Å²) in [5.41, 5.74) is 0.627. The molecular formula is C14H9Cl2N3O3S. The van der Waals surface area contributed by atoms with Gasteiger partial charge in [-0.1, -0.05) is 23.2 Å². The smallest absolute Gasteiger partial charge is 0.269 e. The second kappa shape index (κ2) is 7.36. The minimum absolute atomic E-state index is 0.0394. The van der Waals surface area contributed by atoms with Crippen LogP contribution in [0, 0.1) is 10.1 Å². The number of anilines is 1. The van der Waals surface area contributed by atoms with Crippen molar-refractivity contribution in [3.8, 4) is 0 Å². The maximum Gasteiger partial charge on any atom is 0.269 e. The van der Waals surface area contributed by atoms with Crippen molar-refractivity contribution >= 4 is 57.8 Å². The number of rotatable bonds is 3. The average Bonchev–Trinajstić information content (AvgIpc) is 2.50. The van der Waals surface area contributed by atoms with E-state index in [-0.39, 0.29) is 16.4 Å². The molecule has 0 bridgehead atoms. The van der Waals surface area contributed by atoms with Crippen LogP contribution in [-0.4, -0.2) is 15.9 Å². The van der Waals surface area contributed by atoms with Crippen molar-refractivity contribution in [2.75, 3.05) is 5.32 Å². The van der Waals surface area contributed by atoms with E-state index in [4.69, 9.17) is 35.4 Å². The Hall–Kier alpha value is -2.22. The SMILES string of the molecule is O=C(NC(=S)Nc1ccc(Cl)cc1Cl)c1ccc([N+](=O)[O-])cc1. The van der Waals surface area contributed by atoms with Crippen LogP contribution in [0.2, 0.25) is 10.0 Å². The minimum Gasteiger partial charge on any atom is -0.331 e. The number of carbonyl (C=O) groups is 1. The summed E-state index contributed by atoms with van der Waals surface area (Å²) in [4.78, 5) is 22.0. The van der Waals surface area contributed by atoms with Crippen LogP contribution in [-0.2, 0) is 0 Å². The lowest BCUT2D eigenvalue weighted by molar-refractivity contribution is -0.384. The fourth-order valence-electron chi connectivity index (χ4n) is 1.65. The van der Waals surface area contributed by atoms with Gasteiger partial charge in [-0.05, 0) is 42.5 Å². The highest BCUT2D eigenvalue weighted by atomic mass is 35.5. The van der Waals surface area contributed by atoms with Crippen LogP contribution in [0.5, 0.6) is 0 Å². The molecule has 0 aliphatic rings. The first-order chi connectivity index (χ1) is 10.9. The molecule has 0 aliphatic carbocycles. The number of hydrogen-bond donors (Lipinski definition) is 2. The Morgan fingerprint density at radius 2 is 1.78 bits per heavy atom. The van der Waals surface area contributed by atoms with E-state index in [2.05, 4.69) is 10.6 Å². The lowest BCUT2D eigenvalue weighted by Crippen LogP contribution is -2.34. The summed E-state index contributed by atoms with van der Waals surface area (Å²) in [6.45, 7) is 0. The number of thiocarbonyl (C=S) groups is 1. The Morgan fingerprint density at radius 1 is 1.13 bits per heavy atom. The summed E-state index contributed by atoms with van der Waals surface area (Å²) in [6.07, 6.45) is 0. The van der Waals surface area contributed by atoms with Gasteiger partial charge in [0, 0.05) is 22.7 Å². The standard InChI is InChI=1S/C14H9Cl2N3O3S/c15-9-3-6-12(11(16)7-9)17-14(23)18-13(20)8-1-4-10(5-2-8)19(21)22/h1-7H,(H2,17,18,20,23). The highest BCUT2D eigenvalue weighted by Gasteiger charge is 2.11. The van der Waals surface area contributed by atoms with Gasteiger partial charge in [0.15, 0.2) is 5.11 Å². The van der Waals surface area contributed by atoms with Gasteiger partial charge in [-0.2, -0.15) is 0 Å². The Balaban J connectivity index is 2.01. The number of amides is 1. The monoisotopic (exact) mass is 369 g/mol. The molecule has 9 heteroatoms. The van der Waals surface area contributed by atoms with Gasteiger partial charge < -0.3 is 5.32 Å². The van der Waals surface area contributed by atoms with Crippen LogP contribution < -0.4 is 10.6 Å². The van der Waals surface area contributed by atoms with Gasteiger partial charge in [0.2, 0.25) is 0 Å². The molecule has 0 saturated heterocycles. The Kier molecular flexibility index (Phi) is 5.49. The van der Waals surface area contributed by atoms with Gasteiger partial charge in [-0.15, -0.1) is 0 Å². The molecule has 6 nitrogen and oxygen atoms in total. The molecule has 0 fully saturated rings. The quantitative estimate of drug-likeness (QED) is 0.484. The Labute approximate surface area is 146 Å². The third kappa shape index (κ3) is 4.62. The maximum atomic E-state index is 12.0. The second-order valence-electron chi connectivity index (χ2n) is 4.34. The minimum atomic E-state index is -0.545. The number of benzene rings is 2. The van der Waals surface area contributed by atoms with Crippen LogP contribution in [0.3, 0.4) is 0 Å². The van der Waals surface area contributed by atoms with E-state index in [0.29, 0.717) is 15.7 Å². The van der Waals surface area contributed by atoms with E-state index < -0.39 is 10.8 Å². The zero-order chi connectivity index (χ0) is 17.0. The summed E-state index contributed by atoms with van der Waals surface area (Å²) in [6, 6.07) is 9.93. The van der Waals surface area contributed by atoms with Crippen molar-refractivity contribution in [2.45, 2.75) is 0 Å². The van der Waals surface area contributed by atoms with Crippen LogP contribution in [0.4, 0.5) is 11.4 Å². The molecular weight excluding hydrogens is 361 g/mol. The highest BCUT2D eigenvalue weighted by molar-refractivity contribution is 7.80. The Morgan fingerprint density at radius 3 is 2.35 bits per heavy atom. The zero-order valence-corrected chi connectivity index (χ0v) is 13.7. The van der Waals surface area contributed by atoms with Gasteiger partial charge >= 0.3 is 0 Å². The first-order valence-corrected chi connectivity index (χ1v) is 7.35. The second-order valence-corrected chi connectivity index (χ2v) is 5.59. The summed E-state index contributed by atoms with van der Waals surface area (Å²) >= 11 is 16.8. The highest BCUT2D eigenvalue weighted by Crippen LogP contribution is 2.25. The van der Waals surface area contributed by atoms with Gasteiger partial charge in [-0.25, -0.2) is 0 Å². The largest absolute Gasteiger partial charge is 0.331 e. The van der Waals surface area contributed by atoms with Crippen LogP contribution in [0.25, 0.3) is 0 Å². The molecule has 2 aromatic rings. The van der Waals surface area contributed by atoms with Gasteiger partial charge in [0.1, 0.15) is 0 Å². The fourth-order valence-corrected chi connectivity index (χ4v) is 2.31. The fraction of sp³-hybridized carbons (Fsp3) is 0. The Bertz CT molecular complexity index is 781. The lowest BCUT2D eigenvalue weighted by Gasteiger charge is -2.11. The summed E-state index contributed by atoms with van der Waals surface area (Å²) in [7, 11) is 0. The normalized spacial score (nSPS) is 10.0. The maximum absolute atomic E-state index is 12.0. The molecule has 0 aliphatic heterocycles. The summed E-state index contributed by atoms with van der Waals surface area (Å²) < 4.78 is 0. The van der Waals surface area contributed by atoms with Gasteiger partial charge in [0.05, 0.1) is 15.6 Å². The topological polar surface area (TPSA) is 84.3 Å². The van der Waals surface area contributed by atoms with E-state index in [1.54, 1.807) is 12.1 Å². The molecule has 0 heterocycles. The van der Waals surface area contributed by atoms with Crippen LogP contribution in [0.15, 0.2) is 42.5 Å². The molecule has 1 amide bonds. The number of non-ortho nitro benzene ring substituents is 1. The number of halogens is 2. The molecule has 0 radical (unpaired) electrons. The number of nitrogens with zero attached hydrogens (tertiary/aromatic N) is 1. The van der Waals surface area contributed by atoms with E-state index >= 15 is 0 Å². The van der Waals surface area contributed by atoms with Crippen LogP contribution >= 0.6 is 35.4 Å². The number of carbonyl (C=O) groups excluding carboxylic acids is 1. The van der Waals surface area contributed by atoms with Crippen molar-refractivity contribution in [3.63, 3.8) is 0 Å². The molecule has 2 rings (SSSR count). The molecule has 23 heavy (non-hydrogen) atoms. The van der Waals surface area contributed by atoms with E-state index in [1.165, 1.54) is 30.3 Å². The molecule has 2 N–H and O–H groups in total. The first kappa shape index (κ1) is 17.1. The van der Waals surface area contributed by atoms with Crippen molar-refractivity contribution in [1.29, 1.82) is 0 Å². The van der Waals surface area contributed by atoms with Gasteiger partial charge in [-0.3, -0.25) is 20.2 Å². The lowest BCUT2D eigenvalue weighted by atomic mass is 10.2. The van der Waals surface area contributed by atoms with E-state index in [1.807, 2.05) is 0 Å². The molecule has 0 saturated carbocycles. The summed E-state index contributed by atoms with van der Waals surface area (Å²) in [5, 5.41) is 16.7. The molecule has 0 aromatic heterocycles.